The molecule has 1 aliphatic heterocycles. The minimum Gasteiger partial charge on any atom is -0.503 e. The summed E-state index contributed by atoms with van der Waals surface area (Å²) in [6.07, 6.45) is 4.27. The van der Waals surface area contributed by atoms with Crippen molar-refractivity contribution in [3.05, 3.63) is 64.7 Å². The van der Waals surface area contributed by atoms with Gasteiger partial charge in [-0.3, -0.25) is 9.69 Å². The Bertz CT molecular complexity index is 831. The van der Waals surface area contributed by atoms with Gasteiger partial charge in [0.1, 0.15) is 0 Å². The van der Waals surface area contributed by atoms with E-state index in [2.05, 4.69) is 29.2 Å². The molecule has 1 heterocycles. The SMILES string of the molecule is CCOc1cc(C(=O)N2CCN(C/C=C/c3ccccc3)CC2)cc(Cl)c1O. The third-order valence-electron chi connectivity index (χ3n) is 4.71. The molecule has 5 nitrogen and oxygen atoms in total. The third-order valence-corrected chi connectivity index (χ3v) is 5.00. The van der Waals surface area contributed by atoms with Gasteiger partial charge >= 0.3 is 0 Å². The first-order valence-corrected chi connectivity index (χ1v) is 9.84. The van der Waals surface area contributed by atoms with Gasteiger partial charge in [0.25, 0.3) is 5.91 Å². The number of hydrogen-bond donors (Lipinski definition) is 1. The number of piperazine rings is 1. The first-order chi connectivity index (χ1) is 13.6. The van der Waals surface area contributed by atoms with E-state index in [1.54, 1.807) is 6.07 Å². The highest BCUT2D eigenvalue weighted by atomic mass is 35.5. The fourth-order valence-corrected chi connectivity index (χ4v) is 3.39. The van der Waals surface area contributed by atoms with Gasteiger partial charge in [0.2, 0.25) is 0 Å². The van der Waals surface area contributed by atoms with Gasteiger partial charge in [-0.1, -0.05) is 54.1 Å². The molecule has 28 heavy (non-hydrogen) atoms. The smallest absolute Gasteiger partial charge is 0.254 e. The Morgan fingerprint density at radius 1 is 1.18 bits per heavy atom. The summed E-state index contributed by atoms with van der Waals surface area (Å²) in [6, 6.07) is 13.3. The molecule has 1 saturated heterocycles. The van der Waals surface area contributed by atoms with Gasteiger partial charge in [0.05, 0.1) is 11.6 Å². The van der Waals surface area contributed by atoms with Crippen LogP contribution >= 0.6 is 11.6 Å². The topological polar surface area (TPSA) is 53.0 Å². The fourth-order valence-electron chi connectivity index (χ4n) is 3.18. The average Bonchev–Trinajstić information content (AvgIpc) is 2.72. The highest BCUT2D eigenvalue weighted by molar-refractivity contribution is 6.32. The van der Waals surface area contributed by atoms with Crippen molar-refractivity contribution >= 4 is 23.6 Å². The number of halogens is 1. The second-order valence-electron chi connectivity index (χ2n) is 6.64. The maximum Gasteiger partial charge on any atom is 0.254 e. The van der Waals surface area contributed by atoms with Crippen LogP contribution in [0.1, 0.15) is 22.8 Å². The maximum atomic E-state index is 12.8. The molecule has 0 radical (unpaired) electrons. The van der Waals surface area contributed by atoms with Gasteiger partial charge < -0.3 is 14.7 Å². The summed E-state index contributed by atoms with van der Waals surface area (Å²) >= 11 is 6.05. The highest BCUT2D eigenvalue weighted by Crippen LogP contribution is 2.35. The van der Waals surface area contributed by atoms with E-state index in [1.165, 1.54) is 11.6 Å². The molecule has 3 rings (SSSR count). The Labute approximate surface area is 170 Å². The van der Waals surface area contributed by atoms with Crippen LogP contribution in [0, 0.1) is 0 Å². The summed E-state index contributed by atoms with van der Waals surface area (Å²) in [4.78, 5) is 17.0. The number of benzene rings is 2. The van der Waals surface area contributed by atoms with Gasteiger partial charge in [-0.2, -0.15) is 0 Å². The second-order valence-corrected chi connectivity index (χ2v) is 7.05. The van der Waals surface area contributed by atoms with Gasteiger partial charge in [-0.05, 0) is 24.6 Å². The lowest BCUT2D eigenvalue weighted by atomic mass is 10.1. The van der Waals surface area contributed by atoms with Crippen LogP contribution in [0.5, 0.6) is 11.5 Å². The van der Waals surface area contributed by atoms with Crippen LogP contribution in [0.25, 0.3) is 6.08 Å². The van der Waals surface area contributed by atoms with Crippen LogP contribution in [-0.2, 0) is 0 Å². The number of carbonyl (C=O) groups excluding carboxylic acids is 1. The molecular formula is C22H25ClN2O3. The number of phenols is 1. The molecular weight excluding hydrogens is 376 g/mol. The third kappa shape index (κ3) is 5.06. The predicted molar refractivity (Wildman–Crippen MR) is 112 cm³/mol. The minimum absolute atomic E-state index is 0.0951. The van der Waals surface area contributed by atoms with Gasteiger partial charge in [-0.25, -0.2) is 0 Å². The predicted octanol–water partition coefficient (Wildman–Crippen LogP) is 3.92. The first kappa shape index (κ1) is 20.2. The molecule has 1 aliphatic rings. The number of ether oxygens (including phenoxy) is 1. The molecule has 1 N–H and O–H groups in total. The number of phenolic OH excluding ortho intramolecular Hbond substituents is 1. The van der Waals surface area contributed by atoms with Crippen LogP contribution in [0.4, 0.5) is 0 Å². The molecule has 0 saturated carbocycles. The van der Waals surface area contributed by atoms with E-state index in [4.69, 9.17) is 16.3 Å². The number of aromatic hydroxyl groups is 1. The highest BCUT2D eigenvalue weighted by Gasteiger charge is 2.23. The van der Waals surface area contributed by atoms with Crippen molar-refractivity contribution in [3.8, 4) is 11.5 Å². The zero-order valence-corrected chi connectivity index (χ0v) is 16.7. The first-order valence-electron chi connectivity index (χ1n) is 9.47. The lowest BCUT2D eigenvalue weighted by Crippen LogP contribution is -2.48. The Hall–Kier alpha value is -2.50. The molecule has 2 aromatic carbocycles. The lowest BCUT2D eigenvalue weighted by molar-refractivity contribution is 0.0650. The molecule has 2 aromatic rings. The van der Waals surface area contributed by atoms with Crippen molar-refractivity contribution in [1.82, 2.24) is 9.80 Å². The summed E-state index contributed by atoms with van der Waals surface area (Å²) in [7, 11) is 0. The average molecular weight is 401 g/mol. The zero-order valence-electron chi connectivity index (χ0n) is 16.0. The molecule has 148 valence electrons. The normalized spacial score (nSPS) is 15.1. The lowest BCUT2D eigenvalue weighted by Gasteiger charge is -2.34. The number of hydrogen-bond acceptors (Lipinski definition) is 4. The van der Waals surface area contributed by atoms with E-state index in [-0.39, 0.29) is 22.4 Å². The standard InChI is InChI=1S/C22H25ClN2O3/c1-2-28-20-16-18(15-19(23)21(20)26)22(27)25-13-11-24(12-14-25)10-6-9-17-7-4-3-5-8-17/h3-9,15-16,26H,2,10-14H2,1H3/b9-6+. The maximum absolute atomic E-state index is 12.8. The van der Waals surface area contributed by atoms with E-state index in [0.29, 0.717) is 25.3 Å². The number of carbonyl (C=O) groups is 1. The Morgan fingerprint density at radius 2 is 1.89 bits per heavy atom. The van der Waals surface area contributed by atoms with Crippen molar-refractivity contribution in [3.63, 3.8) is 0 Å². The molecule has 0 bridgehead atoms. The monoisotopic (exact) mass is 400 g/mol. The zero-order chi connectivity index (χ0) is 19.9. The Kier molecular flexibility index (Phi) is 6.95. The Balaban J connectivity index is 1.56. The molecule has 0 unspecified atom stereocenters. The molecule has 1 fully saturated rings. The number of rotatable bonds is 6. The number of nitrogens with zero attached hydrogens (tertiary/aromatic N) is 2. The summed E-state index contributed by atoms with van der Waals surface area (Å²) in [5.74, 6) is 0.0143. The fraction of sp³-hybridized carbons (Fsp3) is 0.318. The summed E-state index contributed by atoms with van der Waals surface area (Å²) in [5.41, 5.74) is 1.62. The molecule has 1 amide bonds. The van der Waals surface area contributed by atoms with E-state index < -0.39 is 0 Å². The molecule has 0 aliphatic carbocycles. The molecule has 0 spiro atoms. The second kappa shape index (κ2) is 9.62. The van der Waals surface area contributed by atoms with Crippen LogP contribution in [-0.4, -0.2) is 60.1 Å². The van der Waals surface area contributed by atoms with Crippen molar-refractivity contribution in [2.75, 3.05) is 39.3 Å². The summed E-state index contributed by atoms with van der Waals surface area (Å²) in [6.45, 7) is 5.99. The van der Waals surface area contributed by atoms with Gasteiger partial charge in [0, 0.05) is 38.3 Å². The van der Waals surface area contributed by atoms with Gasteiger partial charge in [-0.15, -0.1) is 0 Å². The van der Waals surface area contributed by atoms with E-state index in [0.717, 1.165) is 19.6 Å². The van der Waals surface area contributed by atoms with E-state index in [9.17, 15) is 9.90 Å². The van der Waals surface area contributed by atoms with Crippen molar-refractivity contribution in [2.45, 2.75) is 6.92 Å². The van der Waals surface area contributed by atoms with Gasteiger partial charge in [0.15, 0.2) is 11.5 Å². The Morgan fingerprint density at radius 3 is 2.57 bits per heavy atom. The molecule has 6 heteroatoms. The van der Waals surface area contributed by atoms with Crippen LogP contribution < -0.4 is 4.74 Å². The van der Waals surface area contributed by atoms with E-state index in [1.807, 2.05) is 30.0 Å². The van der Waals surface area contributed by atoms with Crippen LogP contribution in [0.3, 0.4) is 0 Å². The largest absolute Gasteiger partial charge is 0.503 e. The summed E-state index contributed by atoms with van der Waals surface area (Å²) in [5, 5.41) is 10.1. The van der Waals surface area contributed by atoms with Crippen LogP contribution in [0.2, 0.25) is 5.02 Å². The van der Waals surface area contributed by atoms with Crippen molar-refractivity contribution < 1.29 is 14.6 Å². The van der Waals surface area contributed by atoms with E-state index >= 15 is 0 Å². The molecule has 0 atom stereocenters. The molecule has 0 aromatic heterocycles. The van der Waals surface area contributed by atoms with Crippen LogP contribution in [0.15, 0.2) is 48.5 Å². The quantitative estimate of drug-likeness (QED) is 0.798. The minimum atomic E-state index is -0.130. The number of amides is 1. The van der Waals surface area contributed by atoms with Crippen molar-refractivity contribution in [2.24, 2.45) is 0 Å². The van der Waals surface area contributed by atoms with Crippen molar-refractivity contribution in [1.29, 1.82) is 0 Å². The summed E-state index contributed by atoms with van der Waals surface area (Å²) < 4.78 is 5.37.